The fourth-order valence-corrected chi connectivity index (χ4v) is 2.67. The fourth-order valence-electron chi connectivity index (χ4n) is 2.67. The van der Waals surface area contributed by atoms with E-state index in [0.717, 1.165) is 44.2 Å². The Labute approximate surface area is 126 Å². The van der Waals surface area contributed by atoms with Gasteiger partial charge in [0, 0.05) is 11.9 Å². The molecule has 1 aromatic rings. The van der Waals surface area contributed by atoms with Crippen LogP contribution in [0.1, 0.15) is 44.2 Å². The highest BCUT2D eigenvalue weighted by atomic mass is 16.4. The van der Waals surface area contributed by atoms with Crippen LogP contribution in [0.3, 0.4) is 0 Å². The number of aliphatic carboxylic acids is 1. The van der Waals surface area contributed by atoms with Gasteiger partial charge >= 0.3 is 5.97 Å². The topological polar surface area (TPSA) is 50.2 Å². The van der Waals surface area contributed by atoms with Crippen molar-refractivity contribution >= 4 is 5.97 Å². The first-order valence-electron chi connectivity index (χ1n) is 7.74. The molecule has 3 nitrogen and oxygen atoms in total. The van der Waals surface area contributed by atoms with Crippen LogP contribution in [0.5, 0.6) is 0 Å². The largest absolute Gasteiger partial charge is 0.481 e. The van der Waals surface area contributed by atoms with Crippen molar-refractivity contribution in [3.63, 3.8) is 0 Å². The average Bonchev–Trinajstić information content (AvgIpc) is 2.52. The Kier molecular flexibility index (Phi) is 6.20. The predicted molar refractivity (Wildman–Crippen MR) is 84.0 cm³/mol. The van der Waals surface area contributed by atoms with Gasteiger partial charge in [0.15, 0.2) is 0 Å². The molecule has 0 spiro atoms. The molecule has 0 saturated carbocycles. The van der Waals surface area contributed by atoms with Crippen LogP contribution in [0.4, 0.5) is 0 Å². The minimum absolute atomic E-state index is 0.264. The lowest BCUT2D eigenvalue weighted by Gasteiger charge is -2.13. The SMILES string of the molecule is O=C(O)C(CCCC1=CCCC=C1)CCc1ccccn1. The Morgan fingerprint density at radius 2 is 2.14 bits per heavy atom. The number of allylic oxidation sites excluding steroid dienone is 4. The van der Waals surface area contributed by atoms with Crippen molar-refractivity contribution in [1.29, 1.82) is 0 Å². The second-order valence-corrected chi connectivity index (χ2v) is 5.55. The Morgan fingerprint density at radius 1 is 1.24 bits per heavy atom. The monoisotopic (exact) mass is 285 g/mol. The maximum atomic E-state index is 11.4. The molecule has 1 aliphatic carbocycles. The van der Waals surface area contributed by atoms with E-state index in [4.69, 9.17) is 0 Å². The molecule has 0 amide bonds. The van der Waals surface area contributed by atoms with E-state index in [2.05, 4.69) is 23.2 Å². The van der Waals surface area contributed by atoms with Crippen LogP contribution in [0, 0.1) is 5.92 Å². The van der Waals surface area contributed by atoms with Crippen LogP contribution in [0.2, 0.25) is 0 Å². The number of carbonyl (C=O) groups is 1. The third-order valence-electron chi connectivity index (χ3n) is 3.91. The molecule has 0 saturated heterocycles. The molecule has 1 heterocycles. The third-order valence-corrected chi connectivity index (χ3v) is 3.91. The molecular formula is C18H23NO2. The minimum atomic E-state index is -0.681. The number of carboxylic acids is 1. The zero-order valence-electron chi connectivity index (χ0n) is 12.4. The first kappa shape index (κ1) is 15.5. The first-order chi connectivity index (χ1) is 10.3. The van der Waals surface area contributed by atoms with Gasteiger partial charge < -0.3 is 5.11 Å². The molecule has 1 unspecified atom stereocenters. The minimum Gasteiger partial charge on any atom is -0.481 e. The lowest BCUT2D eigenvalue weighted by molar-refractivity contribution is -0.142. The van der Waals surface area contributed by atoms with E-state index < -0.39 is 5.97 Å². The van der Waals surface area contributed by atoms with Crippen LogP contribution in [0.25, 0.3) is 0 Å². The average molecular weight is 285 g/mol. The Bertz CT molecular complexity index is 505. The maximum absolute atomic E-state index is 11.4. The second-order valence-electron chi connectivity index (χ2n) is 5.55. The molecule has 1 atom stereocenters. The van der Waals surface area contributed by atoms with Gasteiger partial charge in [0.25, 0.3) is 0 Å². The number of nitrogens with zero attached hydrogens (tertiary/aromatic N) is 1. The summed E-state index contributed by atoms with van der Waals surface area (Å²) in [5.41, 5.74) is 2.33. The maximum Gasteiger partial charge on any atom is 0.306 e. The van der Waals surface area contributed by atoms with Gasteiger partial charge in [0.1, 0.15) is 0 Å². The van der Waals surface area contributed by atoms with Gasteiger partial charge in [-0.15, -0.1) is 0 Å². The second kappa shape index (κ2) is 8.40. The van der Waals surface area contributed by atoms with Crippen LogP contribution in [-0.4, -0.2) is 16.1 Å². The van der Waals surface area contributed by atoms with E-state index >= 15 is 0 Å². The summed E-state index contributed by atoms with van der Waals surface area (Å²) in [5, 5.41) is 9.34. The highest BCUT2D eigenvalue weighted by molar-refractivity contribution is 5.69. The van der Waals surface area contributed by atoms with Crippen LogP contribution < -0.4 is 0 Å². The van der Waals surface area contributed by atoms with Crippen molar-refractivity contribution in [2.75, 3.05) is 0 Å². The molecule has 0 bridgehead atoms. The highest BCUT2D eigenvalue weighted by Crippen LogP contribution is 2.20. The van der Waals surface area contributed by atoms with Gasteiger partial charge in [0.05, 0.1) is 5.92 Å². The summed E-state index contributed by atoms with van der Waals surface area (Å²) in [5.74, 6) is -0.945. The zero-order chi connectivity index (χ0) is 14.9. The van der Waals surface area contributed by atoms with E-state index in [1.54, 1.807) is 6.20 Å². The standard InChI is InChI=1S/C18H23NO2/c20-18(21)16(12-13-17-11-4-5-14-19-17)10-6-9-15-7-2-1-3-8-15/h2,4-5,7-8,11,14,16H,1,3,6,9-10,12-13H2,(H,20,21). The molecule has 3 heteroatoms. The number of rotatable bonds is 8. The van der Waals surface area contributed by atoms with Crippen molar-refractivity contribution in [2.45, 2.75) is 44.9 Å². The number of hydrogen-bond acceptors (Lipinski definition) is 2. The van der Waals surface area contributed by atoms with Crippen LogP contribution in [-0.2, 0) is 11.2 Å². The van der Waals surface area contributed by atoms with E-state index in [1.165, 1.54) is 5.57 Å². The van der Waals surface area contributed by atoms with Crippen LogP contribution in [0.15, 0.2) is 48.2 Å². The van der Waals surface area contributed by atoms with E-state index in [0.29, 0.717) is 6.42 Å². The normalized spacial score (nSPS) is 15.5. The van der Waals surface area contributed by atoms with Crippen molar-refractivity contribution in [3.8, 4) is 0 Å². The lowest BCUT2D eigenvalue weighted by Crippen LogP contribution is -2.15. The Hall–Kier alpha value is -1.90. The summed E-state index contributed by atoms with van der Waals surface area (Å²) in [6, 6.07) is 5.78. The first-order valence-corrected chi connectivity index (χ1v) is 7.74. The van der Waals surface area contributed by atoms with E-state index in [-0.39, 0.29) is 5.92 Å². The molecule has 0 aromatic carbocycles. The summed E-state index contributed by atoms with van der Waals surface area (Å²) in [6.45, 7) is 0. The molecule has 1 aromatic heterocycles. The van der Waals surface area contributed by atoms with Gasteiger partial charge in [-0.2, -0.15) is 0 Å². The molecular weight excluding hydrogens is 262 g/mol. The summed E-state index contributed by atoms with van der Waals surface area (Å²) in [7, 11) is 0. The summed E-state index contributed by atoms with van der Waals surface area (Å²) >= 11 is 0. The summed E-state index contributed by atoms with van der Waals surface area (Å²) in [4.78, 5) is 15.6. The zero-order valence-corrected chi connectivity index (χ0v) is 12.4. The molecule has 21 heavy (non-hydrogen) atoms. The van der Waals surface area contributed by atoms with Gasteiger partial charge in [-0.05, 0) is 57.1 Å². The lowest BCUT2D eigenvalue weighted by atomic mass is 9.93. The van der Waals surface area contributed by atoms with Crippen LogP contribution >= 0.6 is 0 Å². The Morgan fingerprint density at radius 3 is 2.81 bits per heavy atom. The number of pyridine rings is 1. The predicted octanol–water partition coefficient (Wildman–Crippen LogP) is 4.16. The molecule has 112 valence electrons. The van der Waals surface area contributed by atoms with Gasteiger partial charge in [-0.1, -0.05) is 29.9 Å². The molecule has 0 fully saturated rings. The number of carboxylic acid groups (broad SMARTS) is 1. The van der Waals surface area contributed by atoms with E-state index in [9.17, 15) is 9.90 Å². The highest BCUT2D eigenvalue weighted by Gasteiger charge is 2.17. The Balaban J connectivity index is 1.75. The molecule has 1 N–H and O–H groups in total. The van der Waals surface area contributed by atoms with Gasteiger partial charge in [-0.3, -0.25) is 9.78 Å². The van der Waals surface area contributed by atoms with Crippen molar-refractivity contribution in [2.24, 2.45) is 5.92 Å². The van der Waals surface area contributed by atoms with E-state index in [1.807, 2.05) is 18.2 Å². The number of hydrogen-bond donors (Lipinski definition) is 1. The summed E-state index contributed by atoms with van der Waals surface area (Å²) < 4.78 is 0. The molecule has 0 radical (unpaired) electrons. The molecule has 0 aliphatic heterocycles. The quantitative estimate of drug-likeness (QED) is 0.780. The number of aryl methyl sites for hydroxylation is 1. The smallest absolute Gasteiger partial charge is 0.306 e. The third kappa shape index (κ3) is 5.54. The van der Waals surface area contributed by atoms with Gasteiger partial charge in [0.2, 0.25) is 0 Å². The van der Waals surface area contributed by atoms with Gasteiger partial charge in [-0.25, -0.2) is 0 Å². The van der Waals surface area contributed by atoms with Crippen molar-refractivity contribution in [1.82, 2.24) is 4.98 Å². The fraction of sp³-hybridized carbons (Fsp3) is 0.444. The molecule has 1 aliphatic rings. The summed E-state index contributed by atoms with van der Waals surface area (Å²) in [6.07, 6.45) is 14.7. The molecule has 2 rings (SSSR count). The van der Waals surface area contributed by atoms with Crippen molar-refractivity contribution in [3.05, 3.63) is 53.9 Å². The van der Waals surface area contributed by atoms with Crippen molar-refractivity contribution < 1.29 is 9.90 Å². The number of aromatic nitrogens is 1.